The molecule has 1 aliphatic carbocycles. The van der Waals surface area contributed by atoms with Crippen molar-refractivity contribution in [2.75, 3.05) is 13.1 Å². The topological polar surface area (TPSA) is 32.3 Å². The van der Waals surface area contributed by atoms with Gasteiger partial charge in [0.25, 0.3) is 0 Å². The van der Waals surface area contributed by atoms with Crippen molar-refractivity contribution in [3.05, 3.63) is 47.7 Å². The van der Waals surface area contributed by atoms with E-state index in [2.05, 4.69) is 40.5 Å². The van der Waals surface area contributed by atoms with Gasteiger partial charge in [-0.3, -0.25) is 9.69 Å². The van der Waals surface area contributed by atoms with Crippen LogP contribution >= 0.6 is 0 Å². The van der Waals surface area contributed by atoms with Crippen molar-refractivity contribution in [3.63, 3.8) is 0 Å². The summed E-state index contributed by atoms with van der Waals surface area (Å²) < 4.78 is 0. The summed E-state index contributed by atoms with van der Waals surface area (Å²) in [7, 11) is 0. The lowest BCUT2D eigenvalue weighted by molar-refractivity contribution is -0.114. The number of rotatable bonds is 4. The molecule has 2 aliphatic rings. The maximum absolute atomic E-state index is 11.3. The van der Waals surface area contributed by atoms with E-state index in [9.17, 15) is 4.79 Å². The molecule has 1 aromatic rings. The van der Waals surface area contributed by atoms with Gasteiger partial charge in [0.1, 0.15) is 0 Å². The minimum absolute atomic E-state index is 0.268. The minimum atomic E-state index is 0.268. The van der Waals surface area contributed by atoms with Crippen LogP contribution in [0.1, 0.15) is 31.2 Å². The predicted octanol–water partition coefficient (Wildman–Crippen LogP) is 2.49. The SMILES string of the molecule is O=C1C=C(NC2CCCN(Cc3ccccc3)C2)CC1. The molecule has 0 aromatic heterocycles. The number of hydrogen-bond donors (Lipinski definition) is 1. The Morgan fingerprint density at radius 3 is 2.80 bits per heavy atom. The first-order valence-electron chi connectivity index (χ1n) is 7.56. The molecular formula is C17H22N2O. The summed E-state index contributed by atoms with van der Waals surface area (Å²) in [5.41, 5.74) is 2.52. The van der Waals surface area contributed by atoms with Gasteiger partial charge in [-0.2, -0.15) is 0 Å². The maximum Gasteiger partial charge on any atom is 0.157 e. The minimum Gasteiger partial charge on any atom is -0.384 e. The molecule has 0 saturated carbocycles. The van der Waals surface area contributed by atoms with Gasteiger partial charge in [-0.25, -0.2) is 0 Å². The average molecular weight is 270 g/mol. The highest BCUT2D eigenvalue weighted by molar-refractivity contribution is 5.92. The molecule has 1 aliphatic heterocycles. The van der Waals surface area contributed by atoms with Crippen LogP contribution in [-0.4, -0.2) is 29.8 Å². The first kappa shape index (κ1) is 13.4. The Bertz CT molecular complexity index is 495. The van der Waals surface area contributed by atoms with Gasteiger partial charge in [0.2, 0.25) is 0 Å². The Kier molecular flexibility index (Phi) is 4.16. The highest BCUT2D eigenvalue weighted by Crippen LogP contribution is 2.18. The van der Waals surface area contributed by atoms with Crippen molar-refractivity contribution >= 4 is 5.78 Å². The predicted molar refractivity (Wildman–Crippen MR) is 80.2 cm³/mol. The zero-order valence-electron chi connectivity index (χ0n) is 11.8. The van der Waals surface area contributed by atoms with Crippen LogP contribution in [-0.2, 0) is 11.3 Å². The molecule has 1 fully saturated rings. The maximum atomic E-state index is 11.3. The number of nitrogens with zero attached hydrogens (tertiary/aromatic N) is 1. The molecule has 3 heteroatoms. The molecule has 1 N–H and O–H groups in total. The van der Waals surface area contributed by atoms with Crippen molar-refractivity contribution in [1.82, 2.24) is 10.2 Å². The van der Waals surface area contributed by atoms with Crippen LogP contribution in [0.5, 0.6) is 0 Å². The van der Waals surface area contributed by atoms with E-state index >= 15 is 0 Å². The Balaban J connectivity index is 1.54. The Labute approximate surface area is 120 Å². The number of ketones is 1. The molecule has 1 saturated heterocycles. The van der Waals surface area contributed by atoms with Gasteiger partial charge in [0.05, 0.1) is 0 Å². The molecular weight excluding hydrogens is 248 g/mol. The highest BCUT2D eigenvalue weighted by Gasteiger charge is 2.22. The number of nitrogens with one attached hydrogen (secondary N) is 1. The van der Waals surface area contributed by atoms with Crippen molar-refractivity contribution in [2.45, 2.75) is 38.3 Å². The molecule has 0 radical (unpaired) electrons. The zero-order chi connectivity index (χ0) is 13.8. The van der Waals surface area contributed by atoms with Crippen LogP contribution < -0.4 is 5.32 Å². The number of allylic oxidation sites excluding steroid dienone is 2. The fraction of sp³-hybridized carbons (Fsp3) is 0.471. The molecule has 1 unspecified atom stereocenters. The number of carbonyl (C=O) groups excluding carboxylic acids is 1. The summed E-state index contributed by atoms with van der Waals surface area (Å²) in [4.78, 5) is 13.8. The van der Waals surface area contributed by atoms with Crippen molar-refractivity contribution in [3.8, 4) is 0 Å². The van der Waals surface area contributed by atoms with E-state index < -0.39 is 0 Å². The number of hydrogen-bond acceptors (Lipinski definition) is 3. The van der Waals surface area contributed by atoms with Gasteiger partial charge < -0.3 is 5.32 Å². The Morgan fingerprint density at radius 1 is 1.20 bits per heavy atom. The van der Waals surface area contributed by atoms with E-state index in [4.69, 9.17) is 0 Å². The van der Waals surface area contributed by atoms with E-state index in [1.165, 1.54) is 24.9 Å². The average Bonchev–Trinajstić information content (AvgIpc) is 2.86. The summed E-state index contributed by atoms with van der Waals surface area (Å²) in [6.07, 6.45) is 5.80. The lowest BCUT2D eigenvalue weighted by Crippen LogP contribution is -2.44. The molecule has 1 atom stereocenters. The second-order valence-electron chi connectivity index (χ2n) is 5.84. The standard InChI is InChI=1S/C17H22N2O/c20-17-9-8-15(11-17)18-16-7-4-10-19(13-16)12-14-5-2-1-3-6-14/h1-3,5-6,11,16,18H,4,7-10,12-13H2. The smallest absolute Gasteiger partial charge is 0.157 e. The van der Waals surface area contributed by atoms with E-state index in [1.54, 1.807) is 6.08 Å². The monoisotopic (exact) mass is 270 g/mol. The van der Waals surface area contributed by atoms with Crippen LogP contribution in [0.4, 0.5) is 0 Å². The van der Waals surface area contributed by atoms with Crippen LogP contribution in [0.3, 0.4) is 0 Å². The third-order valence-electron chi connectivity index (χ3n) is 4.12. The number of piperidine rings is 1. The molecule has 1 heterocycles. The molecule has 1 aromatic carbocycles. The van der Waals surface area contributed by atoms with Gasteiger partial charge in [0.15, 0.2) is 5.78 Å². The van der Waals surface area contributed by atoms with Crippen molar-refractivity contribution < 1.29 is 4.79 Å². The largest absolute Gasteiger partial charge is 0.384 e. The number of benzene rings is 1. The summed E-state index contributed by atoms with van der Waals surface area (Å²) in [6, 6.07) is 11.1. The molecule has 3 rings (SSSR count). The van der Waals surface area contributed by atoms with Gasteiger partial charge in [-0.15, -0.1) is 0 Å². The molecule has 20 heavy (non-hydrogen) atoms. The van der Waals surface area contributed by atoms with Crippen LogP contribution in [0.15, 0.2) is 42.1 Å². The summed E-state index contributed by atoms with van der Waals surface area (Å²) >= 11 is 0. The van der Waals surface area contributed by atoms with Gasteiger partial charge in [-0.1, -0.05) is 30.3 Å². The van der Waals surface area contributed by atoms with Crippen LogP contribution in [0.25, 0.3) is 0 Å². The van der Waals surface area contributed by atoms with Crippen LogP contribution in [0, 0.1) is 0 Å². The normalized spacial score (nSPS) is 23.7. The van der Waals surface area contributed by atoms with Crippen LogP contribution in [0.2, 0.25) is 0 Å². The van der Waals surface area contributed by atoms with E-state index in [0.717, 1.165) is 25.2 Å². The van der Waals surface area contributed by atoms with Crippen molar-refractivity contribution in [1.29, 1.82) is 0 Å². The third-order valence-corrected chi connectivity index (χ3v) is 4.12. The fourth-order valence-electron chi connectivity index (χ4n) is 3.13. The second kappa shape index (κ2) is 6.23. The third kappa shape index (κ3) is 3.48. The Hall–Kier alpha value is -1.61. The molecule has 0 spiro atoms. The first-order valence-corrected chi connectivity index (χ1v) is 7.56. The number of carbonyl (C=O) groups is 1. The zero-order valence-corrected chi connectivity index (χ0v) is 11.8. The first-order chi connectivity index (χ1) is 9.79. The summed E-state index contributed by atoms with van der Waals surface area (Å²) in [5, 5.41) is 3.56. The second-order valence-corrected chi connectivity index (χ2v) is 5.84. The molecule has 3 nitrogen and oxygen atoms in total. The lowest BCUT2D eigenvalue weighted by atomic mass is 10.0. The Morgan fingerprint density at radius 2 is 2.05 bits per heavy atom. The van der Waals surface area contributed by atoms with Gasteiger partial charge in [0, 0.05) is 37.3 Å². The number of likely N-dealkylation sites (tertiary alicyclic amines) is 1. The fourth-order valence-corrected chi connectivity index (χ4v) is 3.13. The van der Waals surface area contributed by atoms with E-state index in [-0.39, 0.29) is 5.78 Å². The quantitative estimate of drug-likeness (QED) is 0.912. The molecule has 0 bridgehead atoms. The van der Waals surface area contributed by atoms with E-state index in [0.29, 0.717) is 12.5 Å². The van der Waals surface area contributed by atoms with Gasteiger partial charge in [-0.05, 0) is 31.4 Å². The summed E-state index contributed by atoms with van der Waals surface area (Å²) in [6.45, 7) is 3.27. The summed E-state index contributed by atoms with van der Waals surface area (Å²) in [5.74, 6) is 0.268. The molecule has 106 valence electrons. The van der Waals surface area contributed by atoms with Gasteiger partial charge >= 0.3 is 0 Å². The molecule has 0 amide bonds. The van der Waals surface area contributed by atoms with Crippen molar-refractivity contribution in [2.24, 2.45) is 0 Å². The van der Waals surface area contributed by atoms with E-state index in [1.807, 2.05) is 0 Å². The lowest BCUT2D eigenvalue weighted by Gasteiger charge is -2.34. The highest BCUT2D eigenvalue weighted by atomic mass is 16.1.